The second kappa shape index (κ2) is 8.48. The van der Waals surface area contributed by atoms with Crippen molar-refractivity contribution in [3.05, 3.63) is 54.4 Å². The molecule has 0 N–H and O–H groups in total. The molecule has 4 rings (SSSR count). The third-order valence-electron chi connectivity index (χ3n) is 4.49. The molecule has 6 nitrogen and oxygen atoms in total. The molecule has 7 heteroatoms. The number of benzene rings is 2. The molecule has 2 aromatic carbocycles. The summed E-state index contributed by atoms with van der Waals surface area (Å²) in [4.78, 5) is 4.53. The summed E-state index contributed by atoms with van der Waals surface area (Å²) in [7, 11) is 1.67. The van der Waals surface area contributed by atoms with Crippen LogP contribution in [0.4, 0.5) is 0 Å². The summed E-state index contributed by atoms with van der Waals surface area (Å²) in [6, 6.07) is 15.7. The van der Waals surface area contributed by atoms with E-state index in [-0.39, 0.29) is 0 Å². The molecule has 144 valence electrons. The van der Waals surface area contributed by atoms with Crippen molar-refractivity contribution < 1.29 is 9.15 Å². The smallest absolute Gasteiger partial charge is 0.195 e. The van der Waals surface area contributed by atoms with Crippen LogP contribution < -0.4 is 4.74 Å². The Labute approximate surface area is 167 Å². The molecule has 2 heterocycles. The van der Waals surface area contributed by atoms with Gasteiger partial charge in [-0.05, 0) is 37.6 Å². The van der Waals surface area contributed by atoms with Crippen molar-refractivity contribution >= 4 is 22.9 Å². The number of oxazole rings is 1. The van der Waals surface area contributed by atoms with Crippen LogP contribution in [0.25, 0.3) is 22.5 Å². The molecule has 2 aromatic heterocycles. The summed E-state index contributed by atoms with van der Waals surface area (Å²) in [6.07, 6.45) is 1.76. The maximum absolute atomic E-state index is 5.79. The summed E-state index contributed by atoms with van der Waals surface area (Å²) in [5, 5.41) is 9.73. The predicted molar refractivity (Wildman–Crippen MR) is 111 cm³/mol. The quantitative estimate of drug-likeness (QED) is 0.315. The Morgan fingerprint density at radius 1 is 1.07 bits per heavy atom. The number of fused-ring (bicyclic) bond motifs is 1. The standard InChI is InChI=1S/C21H22N4O2S/c1-3-25-20(15-9-4-6-11-17(15)26-2)23-24-21(25)28-14-8-13-19-22-16-10-5-7-12-18(16)27-19/h4-7,9-12H,3,8,13-14H2,1-2H3. The number of ether oxygens (including phenoxy) is 1. The maximum atomic E-state index is 5.79. The zero-order valence-corrected chi connectivity index (χ0v) is 16.8. The molecule has 0 bridgehead atoms. The van der Waals surface area contributed by atoms with Gasteiger partial charge in [0.1, 0.15) is 11.3 Å². The first-order valence-corrected chi connectivity index (χ1v) is 10.3. The fourth-order valence-electron chi connectivity index (χ4n) is 3.12. The van der Waals surface area contributed by atoms with Gasteiger partial charge in [-0.3, -0.25) is 0 Å². The lowest BCUT2D eigenvalue weighted by Crippen LogP contribution is -2.01. The van der Waals surface area contributed by atoms with Crippen LogP contribution in [-0.4, -0.2) is 32.6 Å². The van der Waals surface area contributed by atoms with Crippen LogP contribution >= 0.6 is 11.8 Å². The molecule has 0 atom stereocenters. The van der Waals surface area contributed by atoms with Crippen molar-refractivity contribution in [1.29, 1.82) is 0 Å². The van der Waals surface area contributed by atoms with E-state index in [1.54, 1.807) is 18.9 Å². The highest BCUT2D eigenvalue weighted by Crippen LogP contribution is 2.31. The van der Waals surface area contributed by atoms with Crippen LogP contribution in [0.5, 0.6) is 5.75 Å². The normalized spacial score (nSPS) is 11.2. The highest BCUT2D eigenvalue weighted by molar-refractivity contribution is 7.99. The van der Waals surface area contributed by atoms with Crippen molar-refractivity contribution in [1.82, 2.24) is 19.7 Å². The molecular formula is C21H22N4O2S. The van der Waals surface area contributed by atoms with Crippen LogP contribution in [0.15, 0.2) is 58.1 Å². The summed E-state index contributed by atoms with van der Waals surface area (Å²) >= 11 is 1.71. The van der Waals surface area contributed by atoms with E-state index >= 15 is 0 Å². The number of aromatic nitrogens is 4. The topological polar surface area (TPSA) is 66.0 Å². The minimum Gasteiger partial charge on any atom is -0.496 e. The number of nitrogens with zero attached hydrogens (tertiary/aromatic N) is 4. The first-order chi connectivity index (χ1) is 13.8. The van der Waals surface area contributed by atoms with Crippen LogP contribution in [0.2, 0.25) is 0 Å². The molecule has 0 saturated heterocycles. The van der Waals surface area contributed by atoms with E-state index in [0.717, 1.165) is 64.4 Å². The van der Waals surface area contributed by atoms with Crippen molar-refractivity contribution in [2.45, 2.75) is 31.5 Å². The minimum absolute atomic E-state index is 0.786. The molecule has 0 fully saturated rings. The average Bonchev–Trinajstić information content (AvgIpc) is 3.34. The lowest BCUT2D eigenvalue weighted by Gasteiger charge is -2.10. The first kappa shape index (κ1) is 18.6. The number of para-hydroxylation sites is 3. The lowest BCUT2D eigenvalue weighted by atomic mass is 10.2. The van der Waals surface area contributed by atoms with Crippen LogP contribution in [0.1, 0.15) is 19.2 Å². The molecule has 0 spiro atoms. The summed E-state index contributed by atoms with van der Waals surface area (Å²) in [5.41, 5.74) is 2.72. The Morgan fingerprint density at radius 3 is 2.71 bits per heavy atom. The van der Waals surface area contributed by atoms with Crippen LogP contribution in [0.3, 0.4) is 0 Å². The Kier molecular flexibility index (Phi) is 5.62. The van der Waals surface area contributed by atoms with Gasteiger partial charge in [0.25, 0.3) is 0 Å². The molecule has 0 amide bonds. The fraction of sp³-hybridized carbons (Fsp3) is 0.286. The van der Waals surface area contributed by atoms with Crippen molar-refractivity contribution in [3.8, 4) is 17.1 Å². The van der Waals surface area contributed by atoms with Crippen molar-refractivity contribution in [2.75, 3.05) is 12.9 Å². The SMILES string of the molecule is CCn1c(SCCCc2nc3ccccc3o2)nnc1-c1ccccc1OC. The second-order valence-corrected chi connectivity index (χ2v) is 7.34. The predicted octanol–water partition coefficient (Wildman–Crippen LogP) is 4.84. The largest absolute Gasteiger partial charge is 0.496 e. The van der Waals surface area contributed by atoms with Gasteiger partial charge >= 0.3 is 0 Å². The lowest BCUT2D eigenvalue weighted by molar-refractivity contribution is 0.416. The Hall–Kier alpha value is -2.80. The zero-order valence-electron chi connectivity index (χ0n) is 16.0. The van der Waals surface area contributed by atoms with E-state index in [9.17, 15) is 0 Å². The molecule has 0 aliphatic heterocycles. The molecule has 0 radical (unpaired) electrons. The number of hydrogen-bond acceptors (Lipinski definition) is 6. The molecule has 0 aliphatic rings. The molecule has 0 saturated carbocycles. The molecule has 0 aliphatic carbocycles. The molecule has 28 heavy (non-hydrogen) atoms. The molecular weight excluding hydrogens is 372 g/mol. The van der Waals surface area contributed by atoms with Gasteiger partial charge in [0.05, 0.1) is 12.7 Å². The van der Waals surface area contributed by atoms with Gasteiger partial charge in [-0.15, -0.1) is 10.2 Å². The number of methoxy groups -OCH3 is 1. The Morgan fingerprint density at radius 2 is 1.89 bits per heavy atom. The maximum Gasteiger partial charge on any atom is 0.195 e. The van der Waals surface area contributed by atoms with Gasteiger partial charge in [0.2, 0.25) is 0 Å². The zero-order chi connectivity index (χ0) is 19.3. The van der Waals surface area contributed by atoms with Gasteiger partial charge in [0, 0.05) is 18.7 Å². The van der Waals surface area contributed by atoms with Gasteiger partial charge in [-0.1, -0.05) is 36.0 Å². The summed E-state index contributed by atoms with van der Waals surface area (Å²) < 4.78 is 13.4. The van der Waals surface area contributed by atoms with Gasteiger partial charge in [0.15, 0.2) is 22.5 Å². The minimum atomic E-state index is 0.786. The first-order valence-electron chi connectivity index (χ1n) is 9.34. The van der Waals surface area contributed by atoms with E-state index in [2.05, 4.69) is 26.7 Å². The van der Waals surface area contributed by atoms with Crippen LogP contribution in [0, 0.1) is 0 Å². The monoisotopic (exact) mass is 394 g/mol. The van der Waals surface area contributed by atoms with Gasteiger partial charge < -0.3 is 13.7 Å². The highest BCUT2D eigenvalue weighted by atomic mass is 32.2. The van der Waals surface area contributed by atoms with Gasteiger partial charge in [-0.25, -0.2) is 4.98 Å². The van der Waals surface area contributed by atoms with E-state index < -0.39 is 0 Å². The average molecular weight is 395 g/mol. The fourth-order valence-corrected chi connectivity index (χ4v) is 4.06. The number of thioether (sulfide) groups is 1. The van der Waals surface area contributed by atoms with E-state index in [4.69, 9.17) is 9.15 Å². The van der Waals surface area contributed by atoms with Crippen LogP contribution in [-0.2, 0) is 13.0 Å². The van der Waals surface area contributed by atoms with E-state index in [1.165, 1.54) is 0 Å². The number of hydrogen-bond donors (Lipinski definition) is 0. The molecule has 4 aromatic rings. The number of aryl methyl sites for hydroxylation is 1. The third kappa shape index (κ3) is 3.75. The van der Waals surface area contributed by atoms with Crippen molar-refractivity contribution in [2.24, 2.45) is 0 Å². The van der Waals surface area contributed by atoms with E-state index in [0.29, 0.717) is 0 Å². The molecule has 0 unspecified atom stereocenters. The van der Waals surface area contributed by atoms with Crippen molar-refractivity contribution in [3.63, 3.8) is 0 Å². The summed E-state index contributed by atoms with van der Waals surface area (Å²) in [5.74, 6) is 3.34. The Bertz CT molecular complexity index is 1040. The van der Waals surface area contributed by atoms with E-state index in [1.807, 2.05) is 48.5 Å². The summed E-state index contributed by atoms with van der Waals surface area (Å²) in [6.45, 7) is 2.90. The second-order valence-electron chi connectivity index (χ2n) is 6.28. The van der Waals surface area contributed by atoms with Gasteiger partial charge in [-0.2, -0.15) is 0 Å². The highest BCUT2D eigenvalue weighted by Gasteiger charge is 2.16. The number of rotatable bonds is 8. The third-order valence-corrected chi connectivity index (χ3v) is 5.54. The Balaban J connectivity index is 1.42.